The van der Waals surface area contributed by atoms with Gasteiger partial charge in [0.2, 0.25) is 0 Å². The molecule has 0 saturated heterocycles. The topological polar surface area (TPSA) is 25.8 Å². The summed E-state index contributed by atoms with van der Waals surface area (Å²) >= 11 is 6.62. The van der Waals surface area contributed by atoms with Crippen LogP contribution in [0, 0.1) is 12.7 Å². The lowest BCUT2D eigenvalue weighted by Gasteiger charge is -2.08. The summed E-state index contributed by atoms with van der Waals surface area (Å²) in [6.07, 6.45) is 0.875. The van der Waals surface area contributed by atoms with Crippen LogP contribution in [0.2, 0.25) is 0 Å². The van der Waals surface area contributed by atoms with Gasteiger partial charge < -0.3 is 0 Å². The molecular formula is C13H11Br2FN2. The lowest BCUT2D eigenvalue weighted by Crippen LogP contribution is -1.99. The van der Waals surface area contributed by atoms with Crippen LogP contribution in [0.1, 0.15) is 18.2 Å². The molecule has 2 nitrogen and oxygen atoms in total. The maximum absolute atomic E-state index is 13.2. The van der Waals surface area contributed by atoms with Crippen molar-refractivity contribution >= 4 is 31.9 Å². The molecule has 2 aromatic rings. The zero-order valence-corrected chi connectivity index (χ0v) is 13.1. The first-order valence-corrected chi connectivity index (χ1v) is 7.10. The highest BCUT2D eigenvalue weighted by Crippen LogP contribution is 2.26. The smallest absolute Gasteiger partial charge is 0.160 e. The van der Waals surface area contributed by atoms with Crippen molar-refractivity contribution in [3.8, 4) is 11.4 Å². The molecule has 0 unspecified atom stereocenters. The summed E-state index contributed by atoms with van der Waals surface area (Å²) < 4.78 is 14.4. The summed E-state index contributed by atoms with van der Waals surface area (Å²) in [5.74, 6) is 0.303. The molecule has 0 N–H and O–H groups in total. The highest BCUT2D eigenvalue weighted by atomic mass is 79.9. The summed E-state index contributed by atoms with van der Waals surface area (Å²) in [5, 5.41) is 0. The fourth-order valence-electron chi connectivity index (χ4n) is 1.73. The average molecular weight is 374 g/mol. The van der Waals surface area contributed by atoms with Crippen LogP contribution in [-0.2, 0) is 6.42 Å². The Kier molecular flexibility index (Phi) is 4.12. The molecule has 18 heavy (non-hydrogen) atoms. The van der Waals surface area contributed by atoms with Crippen molar-refractivity contribution in [3.05, 3.63) is 44.3 Å². The number of hydrogen-bond acceptors (Lipinski definition) is 2. The fourth-order valence-corrected chi connectivity index (χ4v) is 2.84. The molecule has 0 radical (unpaired) electrons. The van der Waals surface area contributed by atoms with Gasteiger partial charge in [-0.05, 0) is 63.4 Å². The van der Waals surface area contributed by atoms with E-state index in [1.807, 2.05) is 6.92 Å². The lowest BCUT2D eigenvalue weighted by atomic mass is 10.1. The number of aromatic nitrogens is 2. The van der Waals surface area contributed by atoms with Crippen molar-refractivity contribution in [3.63, 3.8) is 0 Å². The number of benzene rings is 1. The standard InChI is InChI=1S/C13H11Br2FN2/c1-3-9-7(2)17-13(18-12(9)15)8-4-5-11(16)10(14)6-8/h4-6H,3H2,1-2H3. The maximum atomic E-state index is 13.2. The molecule has 1 aromatic carbocycles. The summed E-state index contributed by atoms with van der Waals surface area (Å²) in [7, 11) is 0. The number of nitrogens with zero attached hydrogens (tertiary/aromatic N) is 2. The van der Waals surface area contributed by atoms with E-state index >= 15 is 0 Å². The number of hydrogen-bond donors (Lipinski definition) is 0. The van der Waals surface area contributed by atoms with Crippen LogP contribution in [0.4, 0.5) is 4.39 Å². The predicted molar refractivity (Wildman–Crippen MR) is 76.9 cm³/mol. The molecule has 5 heteroatoms. The van der Waals surface area contributed by atoms with E-state index in [9.17, 15) is 4.39 Å². The molecule has 0 spiro atoms. The van der Waals surface area contributed by atoms with Crippen molar-refractivity contribution in [1.82, 2.24) is 9.97 Å². The van der Waals surface area contributed by atoms with Crippen molar-refractivity contribution in [2.24, 2.45) is 0 Å². The van der Waals surface area contributed by atoms with E-state index in [2.05, 4.69) is 48.8 Å². The van der Waals surface area contributed by atoms with Crippen molar-refractivity contribution < 1.29 is 4.39 Å². The third-order valence-corrected chi connectivity index (χ3v) is 3.96. The minimum Gasteiger partial charge on any atom is -0.233 e. The molecular weight excluding hydrogens is 363 g/mol. The van der Waals surface area contributed by atoms with Crippen molar-refractivity contribution in [2.75, 3.05) is 0 Å². The molecule has 0 saturated carbocycles. The first kappa shape index (κ1) is 13.6. The summed E-state index contributed by atoms with van der Waals surface area (Å²) in [6.45, 7) is 4.01. The van der Waals surface area contributed by atoms with Crippen LogP contribution >= 0.6 is 31.9 Å². The van der Waals surface area contributed by atoms with Gasteiger partial charge in [-0.2, -0.15) is 0 Å². The van der Waals surface area contributed by atoms with Gasteiger partial charge in [0.05, 0.1) is 4.47 Å². The first-order chi connectivity index (χ1) is 8.52. The zero-order chi connectivity index (χ0) is 13.3. The van der Waals surface area contributed by atoms with E-state index in [1.54, 1.807) is 12.1 Å². The second kappa shape index (κ2) is 5.45. The Hall–Kier alpha value is -0.810. The van der Waals surface area contributed by atoms with E-state index in [0.29, 0.717) is 10.3 Å². The second-order valence-corrected chi connectivity index (χ2v) is 5.49. The van der Waals surface area contributed by atoms with E-state index in [1.165, 1.54) is 6.07 Å². The van der Waals surface area contributed by atoms with Crippen LogP contribution < -0.4 is 0 Å². The Labute approximate surface area is 122 Å². The van der Waals surface area contributed by atoms with Gasteiger partial charge in [0.25, 0.3) is 0 Å². The average Bonchev–Trinajstić information content (AvgIpc) is 2.32. The summed E-state index contributed by atoms with van der Waals surface area (Å²) in [5.41, 5.74) is 2.82. The molecule has 0 aliphatic rings. The highest BCUT2D eigenvalue weighted by Gasteiger charge is 2.10. The third kappa shape index (κ3) is 2.62. The molecule has 0 atom stereocenters. The minimum absolute atomic E-state index is 0.292. The van der Waals surface area contributed by atoms with E-state index in [4.69, 9.17) is 0 Å². The summed E-state index contributed by atoms with van der Waals surface area (Å²) in [4.78, 5) is 8.87. The van der Waals surface area contributed by atoms with Gasteiger partial charge in [-0.3, -0.25) is 0 Å². The van der Waals surface area contributed by atoms with E-state index < -0.39 is 0 Å². The molecule has 0 amide bonds. The minimum atomic E-state index is -0.292. The highest BCUT2D eigenvalue weighted by molar-refractivity contribution is 9.10. The number of halogens is 3. The molecule has 0 fully saturated rings. The van der Waals surface area contributed by atoms with Crippen LogP contribution in [0.15, 0.2) is 27.3 Å². The quantitative estimate of drug-likeness (QED) is 0.714. The molecule has 2 rings (SSSR count). The van der Waals surface area contributed by atoms with Gasteiger partial charge in [-0.25, -0.2) is 14.4 Å². The molecule has 94 valence electrons. The van der Waals surface area contributed by atoms with Gasteiger partial charge in [-0.15, -0.1) is 0 Å². The van der Waals surface area contributed by atoms with Gasteiger partial charge in [0.15, 0.2) is 5.82 Å². The Morgan fingerprint density at radius 2 is 1.94 bits per heavy atom. The Morgan fingerprint density at radius 1 is 1.22 bits per heavy atom. The number of rotatable bonds is 2. The van der Waals surface area contributed by atoms with Crippen LogP contribution in [0.3, 0.4) is 0 Å². The molecule has 0 aliphatic carbocycles. The largest absolute Gasteiger partial charge is 0.233 e. The Bertz CT molecular complexity index is 577. The van der Waals surface area contributed by atoms with E-state index in [-0.39, 0.29) is 5.82 Å². The van der Waals surface area contributed by atoms with E-state index in [0.717, 1.165) is 27.8 Å². The molecule has 0 bridgehead atoms. The SMILES string of the molecule is CCc1c(C)nc(-c2ccc(F)c(Br)c2)nc1Br. The lowest BCUT2D eigenvalue weighted by molar-refractivity contribution is 0.621. The van der Waals surface area contributed by atoms with Crippen molar-refractivity contribution in [1.29, 1.82) is 0 Å². The fraction of sp³-hybridized carbons (Fsp3) is 0.231. The Morgan fingerprint density at radius 3 is 2.50 bits per heavy atom. The maximum Gasteiger partial charge on any atom is 0.160 e. The van der Waals surface area contributed by atoms with Crippen LogP contribution in [0.25, 0.3) is 11.4 Å². The second-order valence-electron chi connectivity index (χ2n) is 3.88. The Balaban J connectivity index is 2.54. The summed E-state index contributed by atoms with van der Waals surface area (Å²) in [6, 6.07) is 4.76. The monoisotopic (exact) mass is 372 g/mol. The zero-order valence-electron chi connectivity index (χ0n) is 9.97. The van der Waals surface area contributed by atoms with Crippen LogP contribution in [-0.4, -0.2) is 9.97 Å². The van der Waals surface area contributed by atoms with Gasteiger partial charge in [0.1, 0.15) is 10.4 Å². The normalized spacial score (nSPS) is 10.7. The molecule has 1 aromatic heterocycles. The predicted octanol–water partition coefficient (Wildman–Crippen LogP) is 4.68. The first-order valence-electron chi connectivity index (χ1n) is 5.51. The van der Waals surface area contributed by atoms with Gasteiger partial charge in [0, 0.05) is 16.8 Å². The van der Waals surface area contributed by atoms with Crippen LogP contribution in [0.5, 0.6) is 0 Å². The third-order valence-electron chi connectivity index (χ3n) is 2.69. The van der Waals surface area contributed by atoms with Gasteiger partial charge >= 0.3 is 0 Å². The number of aryl methyl sites for hydroxylation is 1. The molecule has 0 aliphatic heterocycles. The van der Waals surface area contributed by atoms with Gasteiger partial charge in [-0.1, -0.05) is 6.92 Å². The molecule has 1 heterocycles. The van der Waals surface area contributed by atoms with Crippen molar-refractivity contribution in [2.45, 2.75) is 20.3 Å².